The molecule has 2 aliphatic rings. The van der Waals surface area contributed by atoms with Gasteiger partial charge < -0.3 is 14.4 Å². The third kappa shape index (κ3) is 5.93. The van der Waals surface area contributed by atoms with Gasteiger partial charge in [0, 0.05) is 44.8 Å². The van der Waals surface area contributed by atoms with Gasteiger partial charge in [0.1, 0.15) is 5.75 Å². The number of carbonyl (C=O) groups is 1. The van der Waals surface area contributed by atoms with Crippen molar-refractivity contribution in [3.05, 3.63) is 29.8 Å². The van der Waals surface area contributed by atoms with Crippen LogP contribution in [0.2, 0.25) is 0 Å². The molecule has 0 bridgehead atoms. The molecule has 2 fully saturated rings. The van der Waals surface area contributed by atoms with Crippen molar-refractivity contribution in [2.45, 2.75) is 50.6 Å². The van der Waals surface area contributed by atoms with E-state index in [1.54, 1.807) is 11.4 Å². The Labute approximate surface area is 174 Å². The van der Waals surface area contributed by atoms with E-state index in [4.69, 9.17) is 9.47 Å². The van der Waals surface area contributed by atoms with Gasteiger partial charge in [0.05, 0.1) is 13.4 Å². The first-order valence-electron chi connectivity index (χ1n) is 10.4. The molecule has 0 aromatic heterocycles. The average Bonchev–Trinajstić information content (AvgIpc) is 2.72. The molecule has 0 radical (unpaired) electrons. The lowest BCUT2D eigenvalue weighted by molar-refractivity contribution is -0.133. The number of sulfonamides is 1. The molecule has 2 aliphatic heterocycles. The van der Waals surface area contributed by atoms with Gasteiger partial charge >= 0.3 is 0 Å². The number of hydrogen-bond acceptors (Lipinski definition) is 5. The van der Waals surface area contributed by atoms with Gasteiger partial charge in [-0.1, -0.05) is 12.1 Å². The molecule has 29 heavy (non-hydrogen) atoms. The summed E-state index contributed by atoms with van der Waals surface area (Å²) in [5.74, 6) is 0.888. The molecule has 1 amide bonds. The highest BCUT2D eigenvalue weighted by atomic mass is 32.2. The molecule has 1 aromatic rings. The van der Waals surface area contributed by atoms with Gasteiger partial charge in [-0.15, -0.1) is 0 Å². The number of carbonyl (C=O) groups excluding carboxylic acids is 1. The van der Waals surface area contributed by atoms with E-state index < -0.39 is 10.0 Å². The zero-order valence-corrected chi connectivity index (χ0v) is 18.2. The maximum atomic E-state index is 12.8. The molecule has 1 aromatic carbocycles. The fourth-order valence-corrected chi connectivity index (χ4v) is 5.84. The number of amides is 1. The highest BCUT2D eigenvalue weighted by molar-refractivity contribution is 7.88. The monoisotopic (exact) mass is 424 g/mol. The number of benzene rings is 1. The lowest BCUT2D eigenvalue weighted by Crippen LogP contribution is -2.55. The Bertz CT molecular complexity index is 775. The second kappa shape index (κ2) is 9.91. The van der Waals surface area contributed by atoms with Crippen LogP contribution in [-0.4, -0.2) is 75.3 Å². The van der Waals surface area contributed by atoms with Crippen LogP contribution in [0.1, 0.15) is 37.7 Å². The van der Waals surface area contributed by atoms with Crippen LogP contribution in [0.4, 0.5) is 0 Å². The van der Waals surface area contributed by atoms with Crippen LogP contribution in [-0.2, 0) is 26.0 Å². The van der Waals surface area contributed by atoms with Crippen molar-refractivity contribution in [2.24, 2.45) is 0 Å². The molecule has 0 saturated carbocycles. The molecule has 1 unspecified atom stereocenters. The van der Waals surface area contributed by atoms with E-state index in [2.05, 4.69) is 0 Å². The Morgan fingerprint density at radius 3 is 2.48 bits per heavy atom. The number of rotatable bonds is 7. The smallest absolute Gasteiger partial charge is 0.222 e. The van der Waals surface area contributed by atoms with Gasteiger partial charge in [0.25, 0.3) is 0 Å². The largest absolute Gasteiger partial charge is 0.497 e. The first kappa shape index (κ1) is 22.1. The first-order valence-corrected chi connectivity index (χ1v) is 12.2. The topological polar surface area (TPSA) is 76.2 Å². The highest BCUT2D eigenvalue weighted by Gasteiger charge is 2.37. The van der Waals surface area contributed by atoms with E-state index in [1.165, 1.54) is 6.26 Å². The second-order valence-electron chi connectivity index (χ2n) is 7.92. The van der Waals surface area contributed by atoms with Crippen molar-refractivity contribution < 1.29 is 22.7 Å². The summed E-state index contributed by atoms with van der Waals surface area (Å²) in [5.41, 5.74) is 1.09. The van der Waals surface area contributed by atoms with Crippen LogP contribution in [0.25, 0.3) is 0 Å². The number of nitrogens with zero attached hydrogens (tertiary/aromatic N) is 2. The van der Waals surface area contributed by atoms with Crippen molar-refractivity contribution >= 4 is 15.9 Å². The van der Waals surface area contributed by atoms with Crippen molar-refractivity contribution in [3.63, 3.8) is 0 Å². The van der Waals surface area contributed by atoms with E-state index in [9.17, 15) is 13.2 Å². The molecule has 2 saturated heterocycles. The van der Waals surface area contributed by atoms with Crippen LogP contribution in [0.5, 0.6) is 5.75 Å². The molecule has 7 nitrogen and oxygen atoms in total. The minimum absolute atomic E-state index is 0.0295. The molecule has 2 heterocycles. The quantitative estimate of drug-likeness (QED) is 0.670. The fraction of sp³-hybridized carbons (Fsp3) is 0.667. The first-order chi connectivity index (χ1) is 13.9. The third-order valence-electron chi connectivity index (χ3n) is 5.83. The van der Waals surface area contributed by atoms with Crippen molar-refractivity contribution in [1.82, 2.24) is 9.21 Å². The summed E-state index contributed by atoms with van der Waals surface area (Å²) < 4.78 is 37.3. The standard InChI is InChI=1S/C21H32N2O5S/c1-27-20-8-5-17(6-9-20)7-10-21(24)22-13-3-4-19(16-22)23(29(2,25)26)18-11-14-28-15-12-18/h5-6,8-9,18-19H,3-4,7,10-16H2,1-2H3. The Kier molecular flexibility index (Phi) is 7.54. The summed E-state index contributed by atoms with van der Waals surface area (Å²) in [6, 6.07) is 7.57. The Hall–Kier alpha value is -1.64. The van der Waals surface area contributed by atoms with Gasteiger partial charge in [-0.3, -0.25) is 4.79 Å². The van der Waals surface area contributed by atoms with Crippen LogP contribution < -0.4 is 4.74 Å². The predicted octanol–water partition coefficient (Wildman–Crippen LogP) is 2.06. The summed E-state index contributed by atoms with van der Waals surface area (Å²) in [5, 5.41) is 0. The van der Waals surface area contributed by atoms with E-state index in [1.807, 2.05) is 29.2 Å². The molecule has 0 N–H and O–H groups in total. The van der Waals surface area contributed by atoms with E-state index in [0.717, 1.165) is 37.0 Å². The number of hydrogen-bond donors (Lipinski definition) is 0. The zero-order valence-electron chi connectivity index (χ0n) is 17.4. The molecule has 3 rings (SSSR count). The van der Waals surface area contributed by atoms with Gasteiger partial charge in [0.15, 0.2) is 0 Å². The molecule has 0 spiro atoms. The molecule has 162 valence electrons. The summed E-state index contributed by atoms with van der Waals surface area (Å²) in [4.78, 5) is 14.6. The molecule has 8 heteroatoms. The molecular formula is C21H32N2O5S. The molecule has 1 atom stereocenters. The normalized spacial score (nSPS) is 21.3. The maximum absolute atomic E-state index is 12.8. The van der Waals surface area contributed by atoms with Crippen molar-refractivity contribution in [1.29, 1.82) is 0 Å². The Morgan fingerprint density at radius 1 is 1.17 bits per heavy atom. The number of aryl methyl sites for hydroxylation is 1. The van der Waals surface area contributed by atoms with Crippen LogP contribution in [0.3, 0.4) is 0 Å². The number of likely N-dealkylation sites (tertiary alicyclic amines) is 1. The summed E-state index contributed by atoms with van der Waals surface area (Å²) in [6.45, 7) is 2.36. The highest BCUT2D eigenvalue weighted by Crippen LogP contribution is 2.26. The fourth-order valence-electron chi connectivity index (χ4n) is 4.37. The van der Waals surface area contributed by atoms with E-state index in [0.29, 0.717) is 39.1 Å². The Balaban J connectivity index is 1.61. The van der Waals surface area contributed by atoms with Crippen molar-refractivity contribution in [3.8, 4) is 5.75 Å². The number of piperidine rings is 1. The lowest BCUT2D eigenvalue weighted by Gasteiger charge is -2.42. The molecule has 0 aliphatic carbocycles. The predicted molar refractivity (Wildman–Crippen MR) is 111 cm³/mol. The van der Waals surface area contributed by atoms with Crippen LogP contribution in [0, 0.1) is 0 Å². The number of methoxy groups -OCH3 is 1. The maximum Gasteiger partial charge on any atom is 0.222 e. The minimum Gasteiger partial charge on any atom is -0.497 e. The van der Waals surface area contributed by atoms with Crippen LogP contribution in [0.15, 0.2) is 24.3 Å². The third-order valence-corrected chi connectivity index (χ3v) is 7.19. The SMILES string of the molecule is COc1ccc(CCC(=O)N2CCCC(N(C3CCOCC3)S(C)(=O)=O)C2)cc1. The van der Waals surface area contributed by atoms with Gasteiger partial charge in [-0.25, -0.2) is 8.42 Å². The zero-order chi connectivity index (χ0) is 20.9. The van der Waals surface area contributed by atoms with E-state index >= 15 is 0 Å². The number of ether oxygens (including phenoxy) is 2. The average molecular weight is 425 g/mol. The van der Waals surface area contributed by atoms with Gasteiger partial charge in [-0.05, 0) is 49.8 Å². The van der Waals surface area contributed by atoms with Gasteiger partial charge in [0.2, 0.25) is 15.9 Å². The summed E-state index contributed by atoms with van der Waals surface area (Å²) >= 11 is 0. The lowest BCUT2D eigenvalue weighted by atomic mass is 10.0. The Morgan fingerprint density at radius 2 is 1.86 bits per heavy atom. The van der Waals surface area contributed by atoms with Gasteiger partial charge in [-0.2, -0.15) is 4.31 Å². The van der Waals surface area contributed by atoms with Crippen molar-refractivity contribution in [2.75, 3.05) is 39.7 Å². The molecular weight excluding hydrogens is 392 g/mol. The second-order valence-corrected chi connectivity index (χ2v) is 9.81. The van der Waals surface area contributed by atoms with E-state index in [-0.39, 0.29) is 18.0 Å². The minimum atomic E-state index is -3.35. The summed E-state index contributed by atoms with van der Waals surface area (Å²) in [7, 11) is -1.72. The summed E-state index contributed by atoms with van der Waals surface area (Å²) in [6.07, 6.45) is 5.44. The van der Waals surface area contributed by atoms with Crippen LogP contribution >= 0.6 is 0 Å².